The number of ether oxygens (including phenoxy) is 1. The highest BCUT2D eigenvalue weighted by molar-refractivity contribution is 6.33. The Kier molecular flexibility index (Phi) is 2.95. The summed E-state index contributed by atoms with van der Waals surface area (Å²) in [5, 5.41) is 4.50. The van der Waals surface area contributed by atoms with E-state index in [2.05, 4.69) is 10.1 Å². The van der Waals surface area contributed by atoms with Crippen molar-refractivity contribution in [2.24, 2.45) is 0 Å². The number of benzene rings is 1. The van der Waals surface area contributed by atoms with Gasteiger partial charge in [0.15, 0.2) is 0 Å². The largest absolute Gasteiger partial charge is 0.398 e. The fourth-order valence-corrected chi connectivity index (χ4v) is 2.52. The molecular formula is C13H14ClN3O2. The zero-order chi connectivity index (χ0) is 13.5. The fraction of sp³-hybridized carbons (Fsp3) is 0.385. The van der Waals surface area contributed by atoms with Crippen molar-refractivity contribution in [2.75, 3.05) is 12.3 Å². The van der Waals surface area contributed by atoms with Gasteiger partial charge in [0.1, 0.15) is 5.60 Å². The number of nitrogens with two attached hydrogens (primary N) is 1. The van der Waals surface area contributed by atoms with Crippen molar-refractivity contribution in [3.05, 3.63) is 29.0 Å². The number of hydrogen-bond donors (Lipinski definition) is 1. The van der Waals surface area contributed by atoms with E-state index in [1.807, 2.05) is 6.92 Å². The third-order valence-electron chi connectivity index (χ3n) is 3.38. The Morgan fingerprint density at radius 1 is 1.42 bits per heavy atom. The molecular weight excluding hydrogens is 266 g/mol. The van der Waals surface area contributed by atoms with Gasteiger partial charge in [0, 0.05) is 12.3 Å². The number of hydrogen-bond acceptors (Lipinski definition) is 5. The van der Waals surface area contributed by atoms with Gasteiger partial charge in [-0.25, -0.2) is 0 Å². The summed E-state index contributed by atoms with van der Waals surface area (Å²) in [6, 6.07) is 5.27. The van der Waals surface area contributed by atoms with Crippen molar-refractivity contribution in [3.63, 3.8) is 0 Å². The van der Waals surface area contributed by atoms with E-state index in [9.17, 15) is 0 Å². The number of rotatable bonds is 2. The molecule has 0 bridgehead atoms. The Labute approximate surface area is 115 Å². The van der Waals surface area contributed by atoms with E-state index in [-0.39, 0.29) is 0 Å². The second-order valence-corrected chi connectivity index (χ2v) is 5.22. The van der Waals surface area contributed by atoms with Crippen molar-refractivity contribution >= 4 is 17.3 Å². The average molecular weight is 280 g/mol. The van der Waals surface area contributed by atoms with Crippen molar-refractivity contribution in [1.82, 2.24) is 10.1 Å². The van der Waals surface area contributed by atoms with Gasteiger partial charge in [-0.05, 0) is 31.9 Å². The van der Waals surface area contributed by atoms with Gasteiger partial charge in [-0.1, -0.05) is 22.8 Å². The van der Waals surface area contributed by atoms with Crippen molar-refractivity contribution < 1.29 is 9.26 Å². The molecule has 5 nitrogen and oxygen atoms in total. The lowest BCUT2D eigenvalue weighted by Crippen LogP contribution is -2.21. The van der Waals surface area contributed by atoms with Crippen LogP contribution in [0.25, 0.3) is 11.5 Å². The van der Waals surface area contributed by atoms with E-state index in [1.54, 1.807) is 18.2 Å². The van der Waals surface area contributed by atoms with Gasteiger partial charge in [0.2, 0.25) is 5.82 Å². The monoisotopic (exact) mass is 279 g/mol. The van der Waals surface area contributed by atoms with Crippen LogP contribution >= 0.6 is 11.6 Å². The number of halogens is 1. The van der Waals surface area contributed by atoms with E-state index in [0.717, 1.165) is 12.8 Å². The quantitative estimate of drug-likeness (QED) is 0.856. The van der Waals surface area contributed by atoms with Gasteiger partial charge in [0.05, 0.1) is 10.6 Å². The smallest absolute Gasteiger partial charge is 0.261 e. The molecule has 1 aliphatic heterocycles. The normalized spacial score (nSPS) is 22.8. The second-order valence-electron chi connectivity index (χ2n) is 4.81. The lowest BCUT2D eigenvalue weighted by molar-refractivity contribution is 0.00768. The van der Waals surface area contributed by atoms with E-state index in [0.29, 0.717) is 34.6 Å². The molecule has 2 aromatic rings. The van der Waals surface area contributed by atoms with Crippen molar-refractivity contribution in [3.8, 4) is 11.5 Å². The molecule has 1 aliphatic rings. The molecule has 1 fully saturated rings. The van der Waals surface area contributed by atoms with Crippen LogP contribution in [0.5, 0.6) is 0 Å². The first-order chi connectivity index (χ1) is 9.10. The molecule has 19 heavy (non-hydrogen) atoms. The molecule has 2 heterocycles. The Morgan fingerprint density at radius 3 is 2.95 bits per heavy atom. The summed E-state index contributed by atoms with van der Waals surface area (Å²) in [6.45, 7) is 2.68. The number of anilines is 1. The third-order valence-corrected chi connectivity index (χ3v) is 3.69. The van der Waals surface area contributed by atoms with Gasteiger partial charge in [-0.3, -0.25) is 0 Å². The lowest BCUT2D eigenvalue weighted by Gasteiger charge is -2.17. The second kappa shape index (κ2) is 4.51. The summed E-state index contributed by atoms with van der Waals surface area (Å²) in [4.78, 5) is 4.39. The standard InChI is InChI=1S/C13H14ClN3O2/c1-13(6-3-7-18-13)12-16-11(19-17-12)10-8(14)4-2-5-9(10)15/h2,4-5H,3,6-7,15H2,1H3. The summed E-state index contributed by atoms with van der Waals surface area (Å²) in [6.07, 6.45) is 1.87. The molecule has 1 atom stereocenters. The minimum absolute atomic E-state index is 0.329. The molecule has 1 saturated heterocycles. The highest BCUT2D eigenvalue weighted by atomic mass is 35.5. The Morgan fingerprint density at radius 2 is 2.26 bits per heavy atom. The van der Waals surface area contributed by atoms with Crippen LogP contribution in [0, 0.1) is 0 Å². The molecule has 0 amide bonds. The highest BCUT2D eigenvalue weighted by Gasteiger charge is 2.37. The minimum atomic E-state index is -0.474. The van der Waals surface area contributed by atoms with Gasteiger partial charge in [0.25, 0.3) is 5.89 Å². The molecule has 0 aliphatic carbocycles. The molecule has 6 heteroatoms. The van der Waals surface area contributed by atoms with Gasteiger partial charge >= 0.3 is 0 Å². The first kappa shape index (κ1) is 12.4. The first-order valence-corrected chi connectivity index (χ1v) is 6.50. The summed E-state index contributed by atoms with van der Waals surface area (Å²) in [5.41, 5.74) is 6.52. The van der Waals surface area contributed by atoms with Crippen LogP contribution in [-0.2, 0) is 10.3 Å². The highest BCUT2D eigenvalue weighted by Crippen LogP contribution is 2.37. The summed E-state index contributed by atoms with van der Waals surface area (Å²) < 4.78 is 11.0. The molecule has 1 aromatic carbocycles. The molecule has 1 aromatic heterocycles. The molecule has 100 valence electrons. The predicted molar refractivity (Wildman–Crippen MR) is 71.7 cm³/mol. The Balaban J connectivity index is 2.02. The van der Waals surface area contributed by atoms with Crippen molar-refractivity contribution in [1.29, 1.82) is 0 Å². The molecule has 0 radical (unpaired) electrons. The van der Waals surface area contributed by atoms with Crippen LogP contribution in [0.4, 0.5) is 5.69 Å². The maximum absolute atomic E-state index is 6.13. The van der Waals surface area contributed by atoms with Crippen LogP contribution in [0.1, 0.15) is 25.6 Å². The zero-order valence-electron chi connectivity index (χ0n) is 10.5. The third kappa shape index (κ3) is 2.09. The van der Waals surface area contributed by atoms with Crippen molar-refractivity contribution in [2.45, 2.75) is 25.4 Å². The van der Waals surface area contributed by atoms with E-state index >= 15 is 0 Å². The van der Waals surface area contributed by atoms with Crippen LogP contribution in [0.2, 0.25) is 5.02 Å². The zero-order valence-corrected chi connectivity index (χ0v) is 11.3. The van der Waals surface area contributed by atoms with E-state index in [1.165, 1.54) is 0 Å². The van der Waals surface area contributed by atoms with Gasteiger partial charge in [-0.2, -0.15) is 4.98 Å². The van der Waals surface area contributed by atoms with Crippen LogP contribution < -0.4 is 5.73 Å². The number of aromatic nitrogens is 2. The molecule has 3 rings (SSSR count). The predicted octanol–water partition coefficient (Wildman–Crippen LogP) is 3.00. The molecule has 0 spiro atoms. The Hall–Kier alpha value is -1.59. The molecule has 1 unspecified atom stereocenters. The van der Waals surface area contributed by atoms with Gasteiger partial charge in [-0.15, -0.1) is 0 Å². The lowest BCUT2D eigenvalue weighted by atomic mass is 10.0. The van der Waals surface area contributed by atoms with Gasteiger partial charge < -0.3 is 15.0 Å². The molecule has 0 saturated carbocycles. The average Bonchev–Trinajstić information content (AvgIpc) is 2.99. The van der Waals surface area contributed by atoms with E-state index in [4.69, 9.17) is 26.6 Å². The maximum atomic E-state index is 6.13. The minimum Gasteiger partial charge on any atom is -0.398 e. The maximum Gasteiger partial charge on any atom is 0.261 e. The van der Waals surface area contributed by atoms with Crippen LogP contribution in [-0.4, -0.2) is 16.7 Å². The summed E-state index contributed by atoms with van der Waals surface area (Å²) in [7, 11) is 0. The number of nitrogens with zero attached hydrogens (tertiary/aromatic N) is 2. The van der Waals surface area contributed by atoms with E-state index < -0.39 is 5.60 Å². The summed E-state index contributed by atoms with van der Waals surface area (Å²) in [5.74, 6) is 0.870. The van der Waals surface area contributed by atoms with Crippen LogP contribution in [0.3, 0.4) is 0 Å². The first-order valence-electron chi connectivity index (χ1n) is 6.13. The molecule has 2 N–H and O–H groups in total. The summed E-state index contributed by atoms with van der Waals surface area (Å²) >= 11 is 6.13. The number of nitrogen functional groups attached to an aromatic ring is 1. The topological polar surface area (TPSA) is 74.2 Å². The fourth-order valence-electron chi connectivity index (χ4n) is 2.26. The Bertz CT molecular complexity index is 585. The van der Waals surface area contributed by atoms with Crippen LogP contribution in [0.15, 0.2) is 22.7 Å². The SMILES string of the molecule is CC1(c2noc(-c3c(N)cccc3Cl)n2)CCCO1.